The molecule has 0 spiro atoms. The number of aromatic nitrogens is 2. The third kappa shape index (κ3) is 1.69. The van der Waals surface area contributed by atoms with Crippen molar-refractivity contribution in [3.63, 3.8) is 0 Å². The van der Waals surface area contributed by atoms with Crippen LogP contribution in [-0.2, 0) is 11.8 Å². The van der Waals surface area contributed by atoms with E-state index in [1.165, 1.54) is 17.1 Å². The maximum atomic E-state index is 12.5. The van der Waals surface area contributed by atoms with Crippen molar-refractivity contribution in [1.82, 2.24) is 9.55 Å². The van der Waals surface area contributed by atoms with Gasteiger partial charge in [0.1, 0.15) is 0 Å². The van der Waals surface area contributed by atoms with Crippen molar-refractivity contribution in [3.8, 4) is 0 Å². The fraction of sp³-hybridized carbons (Fsp3) is 0.143. The fourth-order valence-electron chi connectivity index (χ4n) is 0.698. The van der Waals surface area contributed by atoms with Crippen molar-refractivity contribution in [1.29, 1.82) is 0 Å². The Bertz CT molecular complexity index is 330. The van der Waals surface area contributed by atoms with Crippen LogP contribution in [-0.4, -0.2) is 20.6 Å². The molecule has 0 aliphatic carbocycles. The highest BCUT2D eigenvalue weighted by Gasteiger charge is 2.05. The van der Waals surface area contributed by atoms with Gasteiger partial charge in [0, 0.05) is 13.1 Å². The Kier molecular flexibility index (Phi) is 2.23. The van der Waals surface area contributed by atoms with E-state index in [9.17, 15) is 9.18 Å². The zero-order valence-corrected chi connectivity index (χ0v) is 6.36. The van der Waals surface area contributed by atoms with Crippen LogP contribution in [0.15, 0.2) is 18.4 Å². The second kappa shape index (κ2) is 3.17. The number of halogens is 1. The Labute approximate surface area is 68.0 Å². The van der Waals surface area contributed by atoms with Gasteiger partial charge >= 0.3 is 5.97 Å². The molecule has 0 atom stereocenters. The largest absolute Gasteiger partial charge is 0.476 e. The molecule has 1 aromatic heterocycles. The topological polar surface area (TPSA) is 55.1 Å². The first-order chi connectivity index (χ1) is 5.61. The second-order valence-corrected chi connectivity index (χ2v) is 2.23. The zero-order chi connectivity index (χ0) is 9.14. The molecule has 64 valence electrons. The predicted octanol–water partition coefficient (Wildman–Crippen LogP) is 0.815. The van der Waals surface area contributed by atoms with Gasteiger partial charge in [-0.1, -0.05) is 0 Å². The van der Waals surface area contributed by atoms with E-state index in [2.05, 4.69) is 4.98 Å². The first-order valence-corrected chi connectivity index (χ1v) is 3.18. The summed E-state index contributed by atoms with van der Waals surface area (Å²) in [6, 6.07) is 0. The average molecular weight is 170 g/mol. The summed E-state index contributed by atoms with van der Waals surface area (Å²) in [6.45, 7) is 0. The minimum absolute atomic E-state index is 0.412. The molecule has 0 aliphatic heterocycles. The van der Waals surface area contributed by atoms with Crippen molar-refractivity contribution in [3.05, 3.63) is 24.0 Å². The Morgan fingerprint density at radius 3 is 2.92 bits per heavy atom. The zero-order valence-electron chi connectivity index (χ0n) is 6.36. The molecule has 1 rings (SSSR count). The molecule has 1 N–H and O–H groups in total. The molecule has 0 radical (unpaired) electrons. The molecule has 0 aliphatic rings. The number of aliphatic carboxylic acids is 1. The lowest BCUT2D eigenvalue weighted by atomic mass is 10.4. The summed E-state index contributed by atoms with van der Waals surface area (Å²) in [5.74, 6) is -2.77. The van der Waals surface area contributed by atoms with E-state index in [0.717, 1.165) is 6.08 Å². The number of hydrogen-bond donors (Lipinski definition) is 1. The molecular weight excluding hydrogens is 163 g/mol. The Balaban J connectivity index is 2.95. The fourth-order valence-corrected chi connectivity index (χ4v) is 0.698. The molecule has 1 heterocycles. The van der Waals surface area contributed by atoms with E-state index in [0.29, 0.717) is 5.69 Å². The molecule has 0 fully saturated rings. The van der Waals surface area contributed by atoms with Crippen LogP contribution < -0.4 is 0 Å². The monoisotopic (exact) mass is 170 g/mol. The van der Waals surface area contributed by atoms with Gasteiger partial charge in [-0.15, -0.1) is 0 Å². The van der Waals surface area contributed by atoms with E-state index in [-0.39, 0.29) is 0 Å². The van der Waals surface area contributed by atoms with E-state index in [1.54, 1.807) is 7.05 Å². The van der Waals surface area contributed by atoms with Gasteiger partial charge in [-0.2, -0.15) is 4.39 Å². The molecule has 0 saturated heterocycles. The minimum Gasteiger partial charge on any atom is -0.476 e. The summed E-state index contributed by atoms with van der Waals surface area (Å²) >= 11 is 0. The first kappa shape index (κ1) is 8.45. The standard InChI is InChI=1S/C7H7FN2O2/c1-10-4-9-3-5(10)2-6(8)7(11)12/h2-4H,1H3,(H,11,12). The van der Waals surface area contributed by atoms with Gasteiger partial charge in [0.2, 0.25) is 5.83 Å². The molecular formula is C7H7FN2O2. The summed E-state index contributed by atoms with van der Waals surface area (Å²) in [6.07, 6.45) is 3.75. The number of carbonyl (C=O) groups is 1. The van der Waals surface area contributed by atoms with Crippen molar-refractivity contribution < 1.29 is 14.3 Å². The quantitative estimate of drug-likeness (QED) is 0.668. The molecule has 4 nitrogen and oxygen atoms in total. The lowest BCUT2D eigenvalue weighted by molar-refractivity contribution is -0.134. The summed E-state index contributed by atoms with van der Waals surface area (Å²) in [4.78, 5) is 13.8. The van der Waals surface area contributed by atoms with E-state index in [4.69, 9.17) is 5.11 Å². The third-order valence-corrected chi connectivity index (χ3v) is 1.33. The van der Waals surface area contributed by atoms with Gasteiger partial charge in [0.25, 0.3) is 0 Å². The molecule has 0 bridgehead atoms. The summed E-state index contributed by atoms with van der Waals surface area (Å²) in [7, 11) is 1.65. The van der Waals surface area contributed by atoms with Crippen LogP contribution in [0.1, 0.15) is 5.69 Å². The van der Waals surface area contributed by atoms with Crippen molar-refractivity contribution in [2.45, 2.75) is 0 Å². The average Bonchev–Trinajstić information content (AvgIpc) is 2.36. The number of imidazole rings is 1. The maximum Gasteiger partial charge on any atom is 0.364 e. The van der Waals surface area contributed by atoms with Gasteiger partial charge < -0.3 is 9.67 Å². The number of carboxylic acids is 1. The highest BCUT2D eigenvalue weighted by atomic mass is 19.1. The summed E-state index contributed by atoms with van der Waals surface area (Å²) in [5, 5.41) is 8.20. The van der Waals surface area contributed by atoms with Gasteiger partial charge in [-0.25, -0.2) is 9.78 Å². The van der Waals surface area contributed by atoms with Crippen LogP contribution in [0.5, 0.6) is 0 Å². The highest BCUT2D eigenvalue weighted by molar-refractivity contribution is 5.89. The molecule has 5 heteroatoms. The number of aryl methyl sites for hydroxylation is 1. The van der Waals surface area contributed by atoms with Crippen molar-refractivity contribution >= 4 is 12.0 Å². The number of hydrogen-bond acceptors (Lipinski definition) is 2. The van der Waals surface area contributed by atoms with Gasteiger partial charge in [0.05, 0.1) is 18.2 Å². The van der Waals surface area contributed by atoms with Crippen LogP contribution >= 0.6 is 0 Å². The Hall–Kier alpha value is -1.65. The summed E-state index contributed by atoms with van der Waals surface area (Å²) in [5.41, 5.74) is 0.412. The molecule has 12 heavy (non-hydrogen) atoms. The highest BCUT2D eigenvalue weighted by Crippen LogP contribution is 2.05. The van der Waals surface area contributed by atoms with E-state index >= 15 is 0 Å². The van der Waals surface area contributed by atoms with E-state index in [1.807, 2.05) is 0 Å². The maximum absolute atomic E-state index is 12.5. The lowest BCUT2D eigenvalue weighted by Crippen LogP contribution is -1.96. The van der Waals surface area contributed by atoms with Crippen molar-refractivity contribution in [2.24, 2.45) is 7.05 Å². The van der Waals surface area contributed by atoms with Gasteiger partial charge in [-0.3, -0.25) is 0 Å². The molecule has 0 amide bonds. The lowest BCUT2D eigenvalue weighted by Gasteiger charge is -1.93. The molecule has 0 unspecified atom stereocenters. The van der Waals surface area contributed by atoms with Crippen LogP contribution in [0.2, 0.25) is 0 Å². The van der Waals surface area contributed by atoms with Crippen molar-refractivity contribution in [2.75, 3.05) is 0 Å². The molecule has 1 aromatic rings. The predicted molar refractivity (Wildman–Crippen MR) is 39.9 cm³/mol. The number of nitrogens with zero attached hydrogens (tertiary/aromatic N) is 2. The summed E-state index contributed by atoms with van der Waals surface area (Å²) < 4.78 is 14.0. The van der Waals surface area contributed by atoms with Crippen LogP contribution in [0.4, 0.5) is 4.39 Å². The van der Waals surface area contributed by atoms with Crippen LogP contribution in [0, 0.1) is 0 Å². The normalized spacial score (nSPS) is 11.7. The Morgan fingerprint density at radius 1 is 1.83 bits per heavy atom. The number of rotatable bonds is 2. The van der Waals surface area contributed by atoms with Gasteiger partial charge in [0.15, 0.2) is 0 Å². The van der Waals surface area contributed by atoms with Gasteiger partial charge in [-0.05, 0) is 0 Å². The molecule has 0 aromatic carbocycles. The van der Waals surface area contributed by atoms with Crippen LogP contribution in [0.25, 0.3) is 6.08 Å². The Morgan fingerprint density at radius 2 is 2.50 bits per heavy atom. The van der Waals surface area contributed by atoms with Crippen LogP contribution in [0.3, 0.4) is 0 Å². The SMILES string of the molecule is Cn1cncc1C=C(F)C(=O)O. The first-order valence-electron chi connectivity index (χ1n) is 3.18. The third-order valence-electron chi connectivity index (χ3n) is 1.33. The van der Waals surface area contributed by atoms with E-state index < -0.39 is 11.8 Å². The smallest absolute Gasteiger partial charge is 0.364 e. The molecule has 0 saturated carbocycles. The minimum atomic E-state index is -1.57. The second-order valence-electron chi connectivity index (χ2n) is 2.23. The number of carboxylic acid groups (broad SMARTS) is 1.